The molecule has 2 N–H and O–H groups in total. The van der Waals surface area contributed by atoms with Gasteiger partial charge in [0.15, 0.2) is 5.75 Å². The third-order valence-corrected chi connectivity index (χ3v) is 4.25. The second-order valence-corrected chi connectivity index (χ2v) is 6.33. The van der Waals surface area contributed by atoms with E-state index in [0.717, 1.165) is 30.3 Å². The number of hydrogen-bond donors (Lipinski definition) is 1. The lowest BCUT2D eigenvalue weighted by Gasteiger charge is -2.12. The zero-order chi connectivity index (χ0) is 19.5. The molecule has 0 radical (unpaired) electrons. The van der Waals surface area contributed by atoms with Gasteiger partial charge in [-0.2, -0.15) is 8.42 Å². The van der Waals surface area contributed by atoms with E-state index in [9.17, 15) is 26.4 Å². The van der Waals surface area contributed by atoms with Crippen LogP contribution in [0.15, 0.2) is 47.4 Å². The molecule has 2 aromatic carbocycles. The summed E-state index contributed by atoms with van der Waals surface area (Å²) in [6, 6.07) is 7.07. The van der Waals surface area contributed by atoms with Crippen LogP contribution in [0.2, 0.25) is 0 Å². The molecule has 2 aromatic rings. The number of primary amides is 1. The lowest BCUT2D eigenvalue weighted by molar-refractivity contribution is -0.274. The fourth-order valence-electron chi connectivity index (χ4n) is 1.88. The van der Waals surface area contributed by atoms with E-state index in [-0.39, 0.29) is 17.1 Å². The summed E-state index contributed by atoms with van der Waals surface area (Å²) in [5.74, 6) is -1.72. The summed E-state index contributed by atoms with van der Waals surface area (Å²) in [5.41, 5.74) is 4.95. The largest absolute Gasteiger partial charge is 0.573 e. The fraction of sp³-hybridized carbons (Fsp3) is 0.133. The van der Waals surface area contributed by atoms with Crippen LogP contribution in [-0.4, -0.2) is 27.8 Å². The van der Waals surface area contributed by atoms with Crippen molar-refractivity contribution in [3.8, 4) is 17.2 Å². The van der Waals surface area contributed by atoms with Gasteiger partial charge in [0, 0.05) is 6.07 Å². The maximum absolute atomic E-state index is 12.3. The summed E-state index contributed by atoms with van der Waals surface area (Å²) in [4.78, 5) is 11.0. The zero-order valence-electron chi connectivity index (χ0n) is 13.1. The number of halogens is 3. The van der Waals surface area contributed by atoms with Crippen LogP contribution in [-0.2, 0) is 10.1 Å². The highest BCUT2D eigenvalue weighted by atomic mass is 32.2. The SMILES string of the molecule is COc1ccc(C(N)=O)c(OS(=O)(=O)c2ccc(OC(F)(F)F)cc2)c1. The maximum atomic E-state index is 12.3. The molecule has 0 atom stereocenters. The van der Waals surface area contributed by atoms with E-state index < -0.39 is 33.0 Å². The molecule has 0 heterocycles. The number of alkyl halides is 3. The Kier molecular flexibility index (Phi) is 5.30. The molecular formula is C15H12F3NO6S. The van der Waals surface area contributed by atoms with Crippen molar-refractivity contribution >= 4 is 16.0 Å². The number of rotatable bonds is 6. The van der Waals surface area contributed by atoms with Crippen LogP contribution in [0.3, 0.4) is 0 Å². The Morgan fingerprint density at radius 3 is 2.12 bits per heavy atom. The number of ether oxygens (including phenoxy) is 2. The Morgan fingerprint density at radius 1 is 1.04 bits per heavy atom. The number of nitrogens with two attached hydrogens (primary N) is 1. The lowest BCUT2D eigenvalue weighted by Crippen LogP contribution is -2.18. The van der Waals surface area contributed by atoms with Gasteiger partial charge in [-0.1, -0.05) is 0 Å². The summed E-state index contributed by atoms with van der Waals surface area (Å²) < 4.78 is 74.5. The van der Waals surface area contributed by atoms with Crippen molar-refractivity contribution in [1.82, 2.24) is 0 Å². The molecule has 0 bridgehead atoms. The van der Waals surface area contributed by atoms with Gasteiger partial charge in [-0.05, 0) is 36.4 Å². The molecule has 0 saturated heterocycles. The minimum atomic E-state index is -4.91. The quantitative estimate of drug-likeness (QED) is 0.759. The monoisotopic (exact) mass is 391 g/mol. The molecule has 11 heteroatoms. The first-order valence-corrected chi connectivity index (χ1v) is 8.21. The Labute approximate surface area is 146 Å². The van der Waals surface area contributed by atoms with Crippen molar-refractivity contribution in [2.75, 3.05) is 7.11 Å². The first-order chi connectivity index (χ1) is 12.0. The van der Waals surface area contributed by atoms with Gasteiger partial charge in [0.25, 0.3) is 5.91 Å². The van der Waals surface area contributed by atoms with Crippen LogP contribution in [0.1, 0.15) is 10.4 Å². The van der Waals surface area contributed by atoms with Gasteiger partial charge >= 0.3 is 16.5 Å². The highest BCUT2D eigenvalue weighted by molar-refractivity contribution is 7.87. The molecule has 0 fully saturated rings. The van der Waals surface area contributed by atoms with E-state index in [1.807, 2.05) is 0 Å². The smallest absolute Gasteiger partial charge is 0.497 e. The van der Waals surface area contributed by atoms with E-state index in [2.05, 4.69) is 4.74 Å². The molecule has 26 heavy (non-hydrogen) atoms. The molecule has 140 valence electrons. The van der Waals surface area contributed by atoms with Gasteiger partial charge in [0.1, 0.15) is 16.4 Å². The summed E-state index contributed by atoms with van der Waals surface area (Å²) in [7, 11) is -3.14. The highest BCUT2D eigenvalue weighted by Gasteiger charge is 2.31. The molecule has 0 aromatic heterocycles. The third-order valence-electron chi connectivity index (χ3n) is 3.00. The van der Waals surface area contributed by atoms with Crippen molar-refractivity contribution in [2.45, 2.75) is 11.3 Å². The number of carbonyl (C=O) groups is 1. The molecule has 0 aliphatic rings. The molecule has 0 saturated carbocycles. The van der Waals surface area contributed by atoms with Crippen LogP contribution < -0.4 is 19.4 Å². The van der Waals surface area contributed by atoms with Gasteiger partial charge in [0.05, 0.1) is 12.7 Å². The number of amides is 1. The minimum Gasteiger partial charge on any atom is -0.497 e. The summed E-state index contributed by atoms with van der Waals surface area (Å²) in [6.07, 6.45) is -4.91. The van der Waals surface area contributed by atoms with Crippen LogP contribution in [0.25, 0.3) is 0 Å². The predicted molar refractivity (Wildman–Crippen MR) is 82.5 cm³/mol. The third kappa shape index (κ3) is 4.79. The molecule has 0 aliphatic carbocycles. The van der Waals surface area contributed by atoms with Crippen molar-refractivity contribution in [1.29, 1.82) is 0 Å². The molecular weight excluding hydrogens is 379 g/mol. The maximum Gasteiger partial charge on any atom is 0.573 e. The van der Waals surface area contributed by atoms with E-state index >= 15 is 0 Å². The van der Waals surface area contributed by atoms with E-state index in [0.29, 0.717) is 0 Å². The van der Waals surface area contributed by atoms with Crippen LogP contribution in [0, 0.1) is 0 Å². The summed E-state index contributed by atoms with van der Waals surface area (Å²) >= 11 is 0. The van der Waals surface area contributed by atoms with E-state index in [4.69, 9.17) is 14.7 Å². The van der Waals surface area contributed by atoms with Crippen molar-refractivity contribution in [2.24, 2.45) is 5.73 Å². The molecule has 1 amide bonds. The average Bonchev–Trinajstić information content (AvgIpc) is 2.53. The van der Waals surface area contributed by atoms with E-state index in [1.54, 1.807) is 0 Å². The second kappa shape index (κ2) is 7.12. The summed E-state index contributed by atoms with van der Waals surface area (Å²) in [5, 5.41) is 0. The number of methoxy groups -OCH3 is 1. The lowest BCUT2D eigenvalue weighted by atomic mass is 10.2. The standard InChI is InChI=1S/C15H12F3NO6S/c1-23-10-4-7-12(14(19)20)13(8-10)25-26(21,22)11-5-2-9(3-6-11)24-15(16,17)18/h2-8H,1H3,(H2,19,20). The van der Waals surface area contributed by atoms with Gasteiger partial charge in [-0.3, -0.25) is 4.79 Å². The van der Waals surface area contributed by atoms with Gasteiger partial charge in [0.2, 0.25) is 0 Å². The van der Waals surface area contributed by atoms with Crippen molar-refractivity contribution < 1.29 is 40.0 Å². The fourth-order valence-corrected chi connectivity index (χ4v) is 2.82. The number of carbonyl (C=O) groups excluding carboxylic acids is 1. The zero-order valence-corrected chi connectivity index (χ0v) is 13.9. The molecule has 7 nitrogen and oxygen atoms in total. The van der Waals surface area contributed by atoms with Crippen molar-refractivity contribution in [3.63, 3.8) is 0 Å². The molecule has 0 aliphatic heterocycles. The number of hydrogen-bond acceptors (Lipinski definition) is 6. The number of benzene rings is 2. The highest BCUT2D eigenvalue weighted by Crippen LogP contribution is 2.29. The van der Waals surface area contributed by atoms with Gasteiger partial charge in [-0.15, -0.1) is 13.2 Å². The van der Waals surface area contributed by atoms with Crippen molar-refractivity contribution in [3.05, 3.63) is 48.0 Å². The Morgan fingerprint density at radius 2 is 1.62 bits per heavy atom. The second-order valence-electron chi connectivity index (χ2n) is 4.78. The average molecular weight is 391 g/mol. The van der Waals surface area contributed by atoms with E-state index in [1.165, 1.54) is 19.2 Å². The Bertz CT molecular complexity index is 910. The normalized spacial score (nSPS) is 11.7. The van der Waals surface area contributed by atoms with Gasteiger partial charge < -0.3 is 19.4 Å². The van der Waals surface area contributed by atoms with Gasteiger partial charge in [-0.25, -0.2) is 0 Å². The topological polar surface area (TPSA) is 105 Å². The van der Waals surface area contributed by atoms with Crippen LogP contribution in [0.5, 0.6) is 17.2 Å². The Balaban J connectivity index is 2.33. The molecule has 2 rings (SSSR count). The molecule has 0 unspecified atom stereocenters. The Hall–Kier alpha value is -2.95. The van der Waals surface area contributed by atoms with Crippen LogP contribution >= 0.6 is 0 Å². The molecule has 0 spiro atoms. The predicted octanol–water partition coefficient (Wildman–Crippen LogP) is 2.46. The first-order valence-electron chi connectivity index (χ1n) is 6.80. The first kappa shape index (κ1) is 19.4. The minimum absolute atomic E-state index is 0.203. The van der Waals surface area contributed by atoms with Crippen LogP contribution in [0.4, 0.5) is 13.2 Å². The summed E-state index contributed by atoms with van der Waals surface area (Å²) in [6.45, 7) is 0.